The summed E-state index contributed by atoms with van der Waals surface area (Å²) in [5.41, 5.74) is 6.93. The molecule has 0 bridgehead atoms. The van der Waals surface area contributed by atoms with E-state index in [4.69, 9.17) is 32.9 Å². The summed E-state index contributed by atoms with van der Waals surface area (Å²) in [5, 5.41) is 10.1. The first-order chi connectivity index (χ1) is 16.4. The van der Waals surface area contributed by atoms with Gasteiger partial charge in [0.2, 0.25) is 0 Å². The smallest absolute Gasteiger partial charge is 0.155 e. The first-order valence-corrected chi connectivity index (χ1v) is 13.3. The first-order valence-electron chi connectivity index (χ1n) is 11.2. The minimum absolute atomic E-state index is 0.299. The molecule has 7 heteroatoms. The highest BCUT2D eigenvalue weighted by atomic mass is 35.5. The number of hydrogen-bond acceptors (Lipinski definition) is 5. The second-order valence-electron chi connectivity index (χ2n) is 8.81. The lowest BCUT2D eigenvalue weighted by Crippen LogP contribution is -2.25. The van der Waals surface area contributed by atoms with Crippen molar-refractivity contribution in [1.29, 1.82) is 5.26 Å². The van der Waals surface area contributed by atoms with Gasteiger partial charge in [0, 0.05) is 23.7 Å². The molecule has 2 aromatic carbocycles. The van der Waals surface area contributed by atoms with Crippen LogP contribution in [0.3, 0.4) is 0 Å². The molecule has 0 N–H and O–H groups in total. The number of halogens is 2. The standard InChI is InChI=1S/C27H27Cl2N3OS/c1-27(2,23-13-20(15-30)26(24(29)14-23)33-11-9-28)22-6-4-18(5-7-22)21-12-19-8-10-32(34-3)17-25(19)31-16-21/h4-7,12-14,16H,8-11,17H2,1-3H3. The van der Waals surface area contributed by atoms with E-state index in [9.17, 15) is 5.26 Å². The summed E-state index contributed by atoms with van der Waals surface area (Å²) in [7, 11) is 0. The molecule has 176 valence electrons. The van der Waals surface area contributed by atoms with E-state index in [1.807, 2.05) is 18.3 Å². The molecular formula is C27H27Cl2N3OS. The van der Waals surface area contributed by atoms with E-state index in [0.29, 0.717) is 28.8 Å². The van der Waals surface area contributed by atoms with E-state index in [1.165, 1.54) is 11.3 Å². The molecule has 0 fully saturated rings. The van der Waals surface area contributed by atoms with Gasteiger partial charge < -0.3 is 4.74 Å². The highest BCUT2D eigenvalue weighted by Gasteiger charge is 2.26. The number of hydrogen-bond donors (Lipinski definition) is 0. The Balaban J connectivity index is 1.60. The Kier molecular flexibility index (Phi) is 7.74. The summed E-state index contributed by atoms with van der Waals surface area (Å²) in [6.45, 7) is 6.51. The lowest BCUT2D eigenvalue weighted by Gasteiger charge is -2.27. The van der Waals surface area contributed by atoms with Crippen LogP contribution in [0.15, 0.2) is 48.7 Å². The third kappa shape index (κ3) is 5.06. The zero-order chi connectivity index (χ0) is 24.3. The molecule has 0 amide bonds. The molecule has 1 aliphatic rings. The van der Waals surface area contributed by atoms with E-state index >= 15 is 0 Å². The Morgan fingerprint density at radius 3 is 2.59 bits per heavy atom. The lowest BCUT2D eigenvalue weighted by molar-refractivity contribution is 0.341. The normalized spacial score (nSPS) is 13.9. The molecule has 1 aliphatic heterocycles. The van der Waals surface area contributed by atoms with Gasteiger partial charge in [0.15, 0.2) is 5.75 Å². The molecule has 0 unspecified atom stereocenters. The second kappa shape index (κ2) is 10.6. The maximum atomic E-state index is 9.65. The van der Waals surface area contributed by atoms with E-state index in [-0.39, 0.29) is 5.41 Å². The fourth-order valence-corrected chi connectivity index (χ4v) is 5.15. The Hall–Kier alpha value is -2.23. The zero-order valence-corrected chi connectivity index (χ0v) is 21.9. The van der Waals surface area contributed by atoms with Gasteiger partial charge in [-0.3, -0.25) is 4.98 Å². The number of nitrogens with zero attached hydrogens (tertiary/aromatic N) is 3. The molecule has 3 aromatic rings. The summed E-state index contributed by atoms with van der Waals surface area (Å²) < 4.78 is 7.94. The fraction of sp³-hybridized carbons (Fsp3) is 0.333. The van der Waals surface area contributed by atoms with Crippen LogP contribution in [0.4, 0.5) is 0 Å². The number of fused-ring (bicyclic) bond motifs is 1. The summed E-state index contributed by atoms with van der Waals surface area (Å²) in [5.74, 6) is 0.719. The largest absolute Gasteiger partial charge is 0.489 e. The van der Waals surface area contributed by atoms with Crippen LogP contribution in [0, 0.1) is 11.3 Å². The van der Waals surface area contributed by atoms with Crippen molar-refractivity contribution in [2.24, 2.45) is 0 Å². The van der Waals surface area contributed by atoms with Crippen molar-refractivity contribution in [2.45, 2.75) is 32.2 Å². The van der Waals surface area contributed by atoms with Gasteiger partial charge in [0.25, 0.3) is 0 Å². The van der Waals surface area contributed by atoms with E-state index in [1.54, 1.807) is 11.9 Å². The summed E-state index contributed by atoms with van der Waals surface area (Å²) in [4.78, 5) is 4.75. The molecular weight excluding hydrogens is 485 g/mol. The predicted molar refractivity (Wildman–Crippen MR) is 142 cm³/mol. The number of ether oxygens (including phenoxy) is 1. The van der Waals surface area contributed by atoms with Crippen molar-refractivity contribution in [3.63, 3.8) is 0 Å². The number of benzene rings is 2. The number of nitriles is 1. The summed E-state index contributed by atoms with van der Waals surface area (Å²) in [6.07, 6.45) is 5.11. The molecule has 0 radical (unpaired) electrons. The van der Waals surface area contributed by atoms with Crippen LogP contribution in [0.1, 0.15) is 41.8 Å². The molecule has 2 heterocycles. The minimum atomic E-state index is -0.353. The molecule has 4 rings (SSSR count). The summed E-state index contributed by atoms with van der Waals surface area (Å²) in [6, 6.07) is 16.8. The Labute approximate surface area is 216 Å². The predicted octanol–water partition coefficient (Wildman–Crippen LogP) is 6.85. The molecule has 0 saturated carbocycles. The van der Waals surface area contributed by atoms with Crippen molar-refractivity contribution in [3.8, 4) is 22.9 Å². The van der Waals surface area contributed by atoms with Gasteiger partial charge >= 0.3 is 0 Å². The monoisotopic (exact) mass is 511 g/mol. The maximum Gasteiger partial charge on any atom is 0.155 e. The second-order valence-corrected chi connectivity index (χ2v) is 10.5. The average molecular weight is 513 g/mol. The molecule has 1 aromatic heterocycles. The van der Waals surface area contributed by atoms with Crippen molar-refractivity contribution >= 4 is 35.1 Å². The van der Waals surface area contributed by atoms with Crippen molar-refractivity contribution in [3.05, 3.63) is 81.6 Å². The van der Waals surface area contributed by atoms with Crippen molar-refractivity contribution < 1.29 is 4.74 Å². The van der Waals surface area contributed by atoms with Crippen LogP contribution < -0.4 is 4.74 Å². The maximum absolute atomic E-state index is 9.65. The number of pyridine rings is 1. The van der Waals surface area contributed by atoms with Crippen LogP contribution in [0.25, 0.3) is 11.1 Å². The van der Waals surface area contributed by atoms with Gasteiger partial charge in [-0.25, -0.2) is 4.31 Å². The number of alkyl halides is 1. The Morgan fingerprint density at radius 1 is 1.15 bits per heavy atom. The molecule has 0 saturated heterocycles. The first kappa shape index (κ1) is 24.9. The fourth-order valence-electron chi connectivity index (χ4n) is 4.27. The summed E-state index contributed by atoms with van der Waals surface area (Å²) >= 11 is 14.0. The lowest BCUT2D eigenvalue weighted by atomic mass is 9.77. The van der Waals surface area contributed by atoms with Gasteiger partial charge in [-0.05, 0) is 53.1 Å². The Morgan fingerprint density at radius 2 is 1.91 bits per heavy atom. The van der Waals surface area contributed by atoms with Crippen molar-refractivity contribution in [1.82, 2.24) is 9.29 Å². The van der Waals surface area contributed by atoms with Gasteiger partial charge in [0.1, 0.15) is 12.7 Å². The number of rotatable bonds is 7. The van der Waals surface area contributed by atoms with Crippen LogP contribution in [0.5, 0.6) is 5.75 Å². The minimum Gasteiger partial charge on any atom is -0.489 e. The van der Waals surface area contributed by atoms with Gasteiger partial charge in [-0.2, -0.15) is 5.26 Å². The average Bonchev–Trinajstić information content (AvgIpc) is 2.86. The number of aromatic nitrogens is 1. The molecule has 0 spiro atoms. The van der Waals surface area contributed by atoms with E-state index in [2.05, 4.69) is 60.8 Å². The zero-order valence-electron chi connectivity index (χ0n) is 19.6. The molecule has 4 nitrogen and oxygen atoms in total. The van der Waals surface area contributed by atoms with Gasteiger partial charge in [0.05, 0.1) is 28.7 Å². The highest BCUT2D eigenvalue weighted by molar-refractivity contribution is 7.96. The van der Waals surface area contributed by atoms with Crippen LogP contribution in [-0.4, -0.2) is 34.6 Å². The third-order valence-electron chi connectivity index (χ3n) is 6.42. The quantitative estimate of drug-likeness (QED) is 0.256. The van der Waals surface area contributed by atoms with Gasteiger partial charge in [-0.1, -0.05) is 61.7 Å². The van der Waals surface area contributed by atoms with Crippen LogP contribution in [0.2, 0.25) is 5.02 Å². The molecule has 0 atom stereocenters. The van der Waals surface area contributed by atoms with E-state index < -0.39 is 0 Å². The van der Waals surface area contributed by atoms with Crippen LogP contribution >= 0.6 is 35.1 Å². The van der Waals surface area contributed by atoms with Gasteiger partial charge in [-0.15, -0.1) is 11.6 Å². The Bertz CT molecular complexity index is 1220. The van der Waals surface area contributed by atoms with Crippen LogP contribution in [-0.2, 0) is 18.4 Å². The van der Waals surface area contributed by atoms with E-state index in [0.717, 1.165) is 41.8 Å². The SMILES string of the molecule is CSN1CCc2cc(-c3ccc(C(C)(C)c4cc(Cl)c(OCCCl)c(C#N)c4)cc3)cnc2C1. The molecule has 34 heavy (non-hydrogen) atoms. The topological polar surface area (TPSA) is 49.1 Å². The molecule has 0 aliphatic carbocycles. The van der Waals surface area contributed by atoms with Crippen molar-refractivity contribution in [2.75, 3.05) is 25.3 Å². The third-order valence-corrected chi connectivity index (χ3v) is 7.69. The highest BCUT2D eigenvalue weighted by Crippen LogP contribution is 2.39.